The Kier molecular flexibility index (Phi) is 6.97. The Morgan fingerprint density at radius 3 is 1.40 bits per heavy atom. The van der Waals surface area contributed by atoms with E-state index < -0.39 is 5.41 Å². The second-order valence-electron chi connectivity index (χ2n) is 13.9. The predicted octanol–water partition coefficient (Wildman–Crippen LogP) is 8.72. The molecule has 0 radical (unpaired) electrons. The maximum absolute atomic E-state index is 6.29. The molecule has 230 valence electrons. The highest BCUT2D eigenvalue weighted by atomic mass is 16.6. The van der Waals surface area contributed by atoms with Gasteiger partial charge in [0, 0.05) is 0 Å². The second kappa shape index (κ2) is 11.3. The van der Waals surface area contributed by atoms with Gasteiger partial charge < -0.3 is 18.9 Å². The maximum atomic E-state index is 6.29. The Labute approximate surface area is 266 Å². The van der Waals surface area contributed by atoms with Crippen molar-refractivity contribution in [2.75, 3.05) is 13.2 Å². The Bertz CT molecular complexity index is 1530. The van der Waals surface area contributed by atoms with Gasteiger partial charge in [-0.15, -0.1) is 0 Å². The SMILES string of the molecule is c1ccc2c(c1)-c1ccccc1C2(c1ccc(OCCC2CCC3OC3C2)cc1)c1ccc(OCCC2CCC3OC3C2)cc1. The van der Waals surface area contributed by atoms with Crippen LogP contribution in [-0.2, 0) is 14.9 Å². The largest absolute Gasteiger partial charge is 0.494 e. The van der Waals surface area contributed by atoms with E-state index in [1.54, 1.807) is 0 Å². The van der Waals surface area contributed by atoms with Crippen LogP contribution >= 0.6 is 0 Å². The van der Waals surface area contributed by atoms with Gasteiger partial charge in [-0.05, 0) is 121 Å². The first-order chi connectivity index (χ1) is 22.3. The fraction of sp³-hybridized carbons (Fsp3) is 0.415. The smallest absolute Gasteiger partial charge is 0.119 e. The quantitative estimate of drug-likeness (QED) is 0.151. The molecule has 3 aliphatic carbocycles. The van der Waals surface area contributed by atoms with Crippen LogP contribution in [0.3, 0.4) is 0 Å². The molecule has 6 atom stereocenters. The van der Waals surface area contributed by atoms with Gasteiger partial charge in [0.25, 0.3) is 0 Å². The second-order valence-corrected chi connectivity index (χ2v) is 13.9. The van der Waals surface area contributed by atoms with Gasteiger partial charge in [0.2, 0.25) is 0 Å². The maximum Gasteiger partial charge on any atom is 0.119 e. The van der Waals surface area contributed by atoms with Crippen molar-refractivity contribution in [3.05, 3.63) is 119 Å². The molecule has 4 fully saturated rings. The van der Waals surface area contributed by atoms with E-state index in [9.17, 15) is 0 Å². The molecule has 45 heavy (non-hydrogen) atoms. The number of fused-ring (bicyclic) bond motifs is 5. The first kappa shape index (κ1) is 27.7. The average Bonchev–Trinajstić information content (AvgIpc) is 4.01. The monoisotopic (exact) mass is 598 g/mol. The van der Waals surface area contributed by atoms with Gasteiger partial charge in [-0.3, -0.25) is 0 Å². The number of hydrogen-bond acceptors (Lipinski definition) is 4. The van der Waals surface area contributed by atoms with Gasteiger partial charge in [-0.1, -0.05) is 72.8 Å². The van der Waals surface area contributed by atoms with Crippen molar-refractivity contribution >= 4 is 0 Å². The van der Waals surface area contributed by atoms with Gasteiger partial charge >= 0.3 is 0 Å². The molecule has 4 aromatic carbocycles. The minimum Gasteiger partial charge on any atom is -0.494 e. The molecule has 4 nitrogen and oxygen atoms in total. The molecule has 0 bridgehead atoms. The summed E-state index contributed by atoms with van der Waals surface area (Å²) in [6, 6.07) is 35.6. The topological polar surface area (TPSA) is 43.5 Å². The minimum absolute atomic E-state index is 0.421. The third-order valence-electron chi connectivity index (χ3n) is 11.3. The van der Waals surface area contributed by atoms with Crippen LogP contribution in [0.15, 0.2) is 97.1 Å². The normalized spacial score (nSPS) is 28.3. The van der Waals surface area contributed by atoms with Crippen molar-refractivity contribution in [2.24, 2.45) is 11.8 Å². The zero-order chi connectivity index (χ0) is 29.8. The number of epoxide rings is 2. The Balaban J connectivity index is 0.977. The number of benzene rings is 4. The molecule has 6 unspecified atom stereocenters. The predicted molar refractivity (Wildman–Crippen MR) is 176 cm³/mol. The highest BCUT2D eigenvalue weighted by Gasteiger charge is 2.46. The van der Waals surface area contributed by atoms with Gasteiger partial charge in [-0.2, -0.15) is 0 Å². The molecule has 2 heterocycles. The number of hydrogen-bond donors (Lipinski definition) is 0. The fourth-order valence-electron chi connectivity index (χ4n) is 8.81. The summed E-state index contributed by atoms with van der Waals surface area (Å²) in [5.74, 6) is 3.33. The van der Waals surface area contributed by atoms with Crippen LogP contribution in [0.1, 0.15) is 73.6 Å². The number of ether oxygens (including phenoxy) is 4. The van der Waals surface area contributed by atoms with Crippen molar-refractivity contribution in [1.29, 1.82) is 0 Å². The molecule has 5 aliphatic rings. The summed E-state index contributed by atoms with van der Waals surface area (Å²) in [6.07, 6.45) is 11.8. The number of rotatable bonds is 10. The lowest BCUT2D eigenvalue weighted by Crippen LogP contribution is -2.28. The van der Waals surface area contributed by atoms with Crippen LogP contribution in [0.2, 0.25) is 0 Å². The van der Waals surface area contributed by atoms with Gasteiger partial charge in [-0.25, -0.2) is 0 Å². The van der Waals surface area contributed by atoms with Crippen molar-refractivity contribution < 1.29 is 18.9 Å². The lowest BCUT2D eigenvalue weighted by atomic mass is 9.68. The summed E-state index contributed by atoms with van der Waals surface area (Å²) in [4.78, 5) is 0. The molecular formula is C41H42O4. The summed E-state index contributed by atoms with van der Waals surface area (Å²) in [7, 11) is 0. The van der Waals surface area contributed by atoms with Crippen LogP contribution in [0, 0.1) is 11.8 Å². The van der Waals surface area contributed by atoms with Gasteiger partial charge in [0.1, 0.15) is 11.5 Å². The van der Waals surface area contributed by atoms with Gasteiger partial charge in [0.15, 0.2) is 0 Å². The van der Waals surface area contributed by atoms with E-state index in [0.717, 1.165) is 49.4 Å². The fourth-order valence-corrected chi connectivity index (χ4v) is 8.81. The molecule has 2 aliphatic heterocycles. The summed E-state index contributed by atoms with van der Waals surface area (Å²) in [5.41, 5.74) is 7.34. The molecule has 0 N–H and O–H groups in total. The molecule has 9 rings (SSSR count). The summed E-state index contributed by atoms with van der Waals surface area (Å²) >= 11 is 0. The van der Waals surface area contributed by atoms with Gasteiger partial charge in [0.05, 0.1) is 43.0 Å². The van der Waals surface area contributed by atoms with Crippen LogP contribution in [-0.4, -0.2) is 37.6 Å². The Hall–Kier alpha value is -3.60. The highest BCUT2D eigenvalue weighted by molar-refractivity contribution is 5.86. The summed E-state index contributed by atoms with van der Waals surface area (Å²) in [5, 5.41) is 0. The third-order valence-corrected chi connectivity index (χ3v) is 11.3. The first-order valence-electron chi connectivity index (χ1n) is 17.2. The standard InChI is InChI=1S/C41H42O4/c1-3-7-35-33(5-1)34-6-2-4-8-36(34)41(35,29-11-15-31(16-12-29)42-23-21-27-9-19-37-39(25-27)44-37)30-13-17-32(18-14-30)43-24-22-28-10-20-38-40(26-28)45-38/h1-8,11-18,27-28,37-40H,9-10,19-26H2. The van der Waals surface area contributed by atoms with Crippen molar-refractivity contribution in [3.63, 3.8) is 0 Å². The van der Waals surface area contributed by atoms with Crippen molar-refractivity contribution in [1.82, 2.24) is 0 Å². The van der Waals surface area contributed by atoms with E-state index in [1.807, 2.05) is 0 Å². The Morgan fingerprint density at radius 2 is 0.956 bits per heavy atom. The van der Waals surface area contributed by atoms with E-state index in [-0.39, 0.29) is 0 Å². The molecule has 0 aromatic heterocycles. The first-order valence-corrected chi connectivity index (χ1v) is 17.2. The van der Waals surface area contributed by atoms with Crippen molar-refractivity contribution in [3.8, 4) is 22.6 Å². The molecule has 4 aromatic rings. The van der Waals surface area contributed by atoms with Crippen LogP contribution < -0.4 is 9.47 Å². The van der Waals surface area contributed by atoms with Crippen LogP contribution in [0.5, 0.6) is 11.5 Å². The summed E-state index contributed by atoms with van der Waals surface area (Å²) in [6.45, 7) is 1.52. The molecule has 0 amide bonds. The van der Waals surface area contributed by atoms with Crippen LogP contribution in [0.4, 0.5) is 0 Å². The zero-order valence-corrected chi connectivity index (χ0v) is 25.9. The van der Waals surface area contributed by atoms with Crippen LogP contribution in [0.25, 0.3) is 11.1 Å². The van der Waals surface area contributed by atoms with E-state index in [1.165, 1.54) is 71.9 Å². The lowest BCUT2D eigenvalue weighted by Gasteiger charge is -2.34. The van der Waals surface area contributed by atoms with Crippen molar-refractivity contribution in [2.45, 2.75) is 81.2 Å². The molecule has 2 saturated carbocycles. The van der Waals surface area contributed by atoms with E-state index in [0.29, 0.717) is 24.4 Å². The zero-order valence-electron chi connectivity index (χ0n) is 25.9. The molecule has 4 heteroatoms. The minimum atomic E-state index is -0.421. The molecular weight excluding hydrogens is 556 g/mol. The third kappa shape index (κ3) is 5.07. The Morgan fingerprint density at radius 1 is 0.511 bits per heavy atom. The average molecular weight is 599 g/mol. The highest BCUT2D eigenvalue weighted by Crippen LogP contribution is 2.56. The van der Waals surface area contributed by atoms with E-state index in [2.05, 4.69) is 97.1 Å². The molecule has 2 saturated heterocycles. The van der Waals surface area contributed by atoms with E-state index in [4.69, 9.17) is 18.9 Å². The molecule has 0 spiro atoms. The lowest BCUT2D eigenvalue weighted by molar-refractivity contribution is 0.253. The summed E-state index contributed by atoms with van der Waals surface area (Å²) < 4.78 is 24.0. The van der Waals surface area contributed by atoms with E-state index >= 15 is 0 Å².